The molecule has 1 N–H and O–H groups in total. The molecule has 0 saturated carbocycles. The van der Waals surface area contributed by atoms with Crippen molar-refractivity contribution in [3.05, 3.63) is 23.8 Å². The SMILES string of the molecule is CCCOc1ccc(CN2CCC(C(=O)O)CC2)c(OCCC)c1. The molecule has 0 atom stereocenters. The van der Waals surface area contributed by atoms with E-state index < -0.39 is 5.97 Å². The number of ether oxygens (including phenoxy) is 2. The molecule has 24 heavy (non-hydrogen) atoms. The first kappa shape index (κ1) is 18.6. The third-order valence-corrected chi connectivity index (χ3v) is 4.30. The van der Waals surface area contributed by atoms with Crippen molar-refractivity contribution in [1.29, 1.82) is 0 Å². The summed E-state index contributed by atoms with van der Waals surface area (Å²) in [5, 5.41) is 9.10. The standard InChI is InChI=1S/C19H29NO4/c1-3-11-23-17-6-5-16(18(13-17)24-12-4-2)14-20-9-7-15(8-10-20)19(21)22/h5-6,13,15H,3-4,7-12,14H2,1-2H3,(H,21,22). The summed E-state index contributed by atoms with van der Waals surface area (Å²) in [5.41, 5.74) is 1.14. The molecule has 0 bridgehead atoms. The van der Waals surface area contributed by atoms with Gasteiger partial charge in [-0.25, -0.2) is 0 Å². The molecule has 1 aliphatic rings. The molecule has 0 amide bonds. The normalized spacial score (nSPS) is 16.1. The van der Waals surface area contributed by atoms with E-state index in [2.05, 4.69) is 24.8 Å². The second kappa shape index (κ2) is 9.52. The molecule has 134 valence electrons. The van der Waals surface area contributed by atoms with E-state index >= 15 is 0 Å². The summed E-state index contributed by atoms with van der Waals surface area (Å²) in [4.78, 5) is 13.4. The van der Waals surface area contributed by atoms with Crippen LogP contribution in [0, 0.1) is 5.92 Å². The van der Waals surface area contributed by atoms with Crippen molar-refractivity contribution in [3.8, 4) is 11.5 Å². The Morgan fingerprint density at radius 2 is 1.83 bits per heavy atom. The number of carboxylic acids is 1. The average molecular weight is 335 g/mol. The Morgan fingerprint density at radius 3 is 2.46 bits per heavy atom. The predicted octanol–water partition coefficient (Wildman–Crippen LogP) is 3.56. The summed E-state index contributed by atoms with van der Waals surface area (Å²) < 4.78 is 11.6. The molecule has 0 spiro atoms. The molecule has 0 unspecified atom stereocenters. The minimum atomic E-state index is -0.668. The fraction of sp³-hybridized carbons (Fsp3) is 0.632. The molecule has 1 fully saturated rings. The van der Waals surface area contributed by atoms with Gasteiger partial charge in [-0.15, -0.1) is 0 Å². The van der Waals surface area contributed by atoms with Crippen LogP contribution in [0.25, 0.3) is 0 Å². The number of hydrogen-bond donors (Lipinski definition) is 1. The molecule has 5 nitrogen and oxygen atoms in total. The van der Waals surface area contributed by atoms with Gasteiger partial charge in [0.1, 0.15) is 11.5 Å². The molecule has 0 aliphatic carbocycles. The molecule has 1 aliphatic heterocycles. The maximum Gasteiger partial charge on any atom is 0.306 e. The van der Waals surface area contributed by atoms with Gasteiger partial charge in [0.25, 0.3) is 0 Å². The number of benzene rings is 1. The summed E-state index contributed by atoms with van der Waals surface area (Å²) >= 11 is 0. The van der Waals surface area contributed by atoms with Crippen LogP contribution in [0.15, 0.2) is 18.2 Å². The first-order valence-corrected chi connectivity index (χ1v) is 8.97. The van der Waals surface area contributed by atoms with Crippen molar-refractivity contribution in [2.45, 2.75) is 46.1 Å². The maximum atomic E-state index is 11.1. The van der Waals surface area contributed by atoms with Gasteiger partial charge < -0.3 is 14.6 Å². The first-order valence-electron chi connectivity index (χ1n) is 8.97. The van der Waals surface area contributed by atoms with Crippen molar-refractivity contribution in [2.24, 2.45) is 5.92 Å². The van der Waals surface area contributed by atoms with Gasteiger partial charge in [-0.05, 0) is 44.8 Å². The van der Waals surface area contributed by atoms with Gasteiger partial charge in [0, 0.05) is 18.2 Å². The van der Waals surface area contributed by atoms with E-state index in [1.54, 1.807) is 0 Å². The summed E-state index contributed by atoms with van der Waals surface area (Å²) in [5.74, 6) is 0.864. The highest BCUT2D eigenvalue weighted by Gasteiger charge is 2.24. The van der Waals surface area contributed by atoms with Crippen LogP contribution in [0.4, 0.5) is 0 Å². The van der Waals surface area contributed by atoms with E-state index in [1.165, 1.54) is 0 Å². The van der Waals surface area contributed by atoms with Crippen LogP contribution < -0.4 is 9.47 Å². The highest BCUT2D eigenvalue weighted by Crippen LogP contribution is 2.28. The maximum absolute atomic E-state index is 11.1. The summed E-state index contributed by atoms with van der Waals surface area (Å²) in [6, 6.07) is 6.04. The van der Waals surface area contributed by atoms with Crippen molar-refractivity contribution >= 4 is 5.97 Å². The quantitative estimate of drug-likeness (QED) is 0.748. The second-order valence-electron chi connectivity index (χ2n) is 6.36. The minimum Gasteiger partial charge on any atom is -0.493 e. The van der Waals surface area contributed by atoms with E-state index in [9.17, 15) is 4.79 Å². The second-order valence-corrected chi connectivity index (χ2v) is 6.36. The Balaban J connectivity index is 2.01. The molecular weight excluding hydrogens is 306 g/mol. The Hall–Kier alpha value is -1.75. The molecule has 0 radical (unpaired) electrons. The van der Waals surface area contributed by atoms with Crippen LogP contribution in [0.1, 0.15) is 45.1 Å². The summed E-state index contributed by atoms with van der Waals surface area (Å²) in [6.07, 6.45) is 3.38. The lowest BCUT2D eigenvalue weighted by Gasteiger charge is -2.30. The molecule has 1 saturated heterocycles. The molecular formula is C19H29NO4. The summed E-state index contributed by atoms with van der Waals surface area (Å²) in [6.45, 7) is 7.99. The van der Waals surface area contributed by atoms with Crippen molar-refractivity contribution in [1.82, 2.24) is 4.90 Å². The molecule has 0 aromatic heterocycles. The average Bonchev–Trinajstić information content (AvgIpc) is 2.60. The van der Waals surface area contributed by atoms with E-state index in [4.69, 9.17) is 14.6 Å². The zero-order valence-electron chi connectivity index (χ0n) is 14.8. The number of aliphatic carboxylic acids is 1. The highest BCUT2D eigenvalue weighted by molar-refractivity contribution is 5.70. The fourth-order valence-corrected chi connectivity index (χ4v) is 2.90. The van der Waals surface area contributed by atoms with Gasteiger partial charge in [0.2, 0.25) is 0 Å². The number of carbonyl (C=O) groups is 1. The van der Waals surface area contributed by atoms with Crippen molar-refractivity contribution < 1.29 is 19.4 Å². The highest BCUT2D eigenvalue weighted by atomic mass is 16.5. The molecule has 1 heterocycles. The number of nitrogens with zero attached hydrogens (tertiary/aromatic N) is 1. The predicted molar refractivity (Wildman–Crippen MR) is 93.7 cm³/mol. The van der Waals surface area contributed by atoms with E-state index in [0.29, 0.717) is 13.2 Å². The van der Waals surface area contributed by atoms with Crippen LogP contribution in [0.5, 0.6) is 11.5 Å². The molecule has 1 aromatic rings. The third-order valence-electron chi connectivity index (χ3n) is 4.30. The van der Waals surface area contributed by atoms with Gasteiger partial charge in [-0.1, -0.05) is 19.9 Å². The van der Waals surface area contributed by atoms with E-state index in [0.717, 1.165) is 62.4 Å². The van der Waals surface area contributed by atoms with Gasteiger partial charge in [-0.2, -0.15) is 0 Å². The Kier molecular flexibility index (Phi) is 7.37. The number of piperidine rings is 1. The molecule has 2 rings (SSSR count). The van der Waals surface area contributed by atoms with E-state index in [-0.39, 0.29) is 5.92 Å². The zero-order valence-corrected chi connectivity index (χ0v) is 14.8. The van der Waals surface area contributed by atoms with Crippen LogP contribution in [-0.4, -0.2) is 42.3 Å². The topological polar surface area (TPSA) is 59.0 Å². The Labute approximate surface area is 144 Å². The third kappa shape index (κ3) is 5.41. The van der Waals surface area contributed by atoms with Crippen LogP contribution in [-0.2, 0) is 11.3 Å². The number of rotatable bonds is 9. The Morgan fingerprint density at radius 1 is 1.17 bits per heavy atom. The van der Waals surface area contributed by atoms with Gasteiger partial charge >= 0.3 is 5.97 Å². The van der Waals surface area contributed by atoms with Crippen molar-refractivity contribution in [3.63, 3.8) is 0 Å². The lowest BCUT2D eigenvalue weighted by Crippen LogP contribution is -2.35. The molecule has 1 aromatic carbocycles. The van der Waals surface area contributed by atoms with Crippen molar-refractivity contribution in [2.75, 3.05) is 26.3 Å². The molecule has 5 heteroatoms. The largest absolute Gasteiger partial charge is 0.493 e. The smallest absolute Gasteiger partial charge is 0.306 e. The monoisotopic (exact) mass is 335 g/mol. The zero-order chi connectivity index (χ0) is 17.4. The number of carboxylic acid groups (broad SMARTS) is 1. The Bertz CT molecular complexity index is 524. The first-order chi connectivity index (χ1) is 11.6. The fourth-order valence-electron chi connectivity index (χ4n) is 2.90. The van der Waals surface area contributed by atoms with Gasteiger partial charge in [0.15, 0.2) is 0 Å². The summed E-state index contributed by atoms with van der Waals surface area (Å²) in [7, 11) is 0. The number of likely N-dealkylation sites (tertiary alicyclic amines) is 1. The van der Waals surface area contributed by atoms with Gasteiger partial charge in [0.05, 0.1) is 19.1 Å². The van der Waals surface area contributed by atoms with E-state index in [1.807, 2.05) is 12.1 Å². The lowest BCUT2D eigenvalue weighted by atomic mass is 9.97. The van der Waals surface area contributed by atoms with Crippen LogP contribution >= 0.6 is 0 Å². The van der Waals surface area contributed by atoms with Crippen LogP contribution in [0.3, 0.4) is 0 Å². The lowest BCUT2D eigenvalue weighted by molar-refractivity contribution is -0.143. The van der Waals surface area contributed by atoms with Crippen LogP contribution in [0.2, 0.25) is 0 Å². The minimum absolute atomic E-state index is 0.193. The van der Waals surface area contributed by atoms with Gasteiger partial charge in [-0.3, -0.25) is 9.69 Å². The number of hydrogen-bond acceptors (Lipinski definition) is 4.